The highest BCUT2D eigenvalue weighted by Crippen LogP contribution is 2.05. The highest BCUT2D eigenvalue weighted by molar-refractivity contribution is 5.35. The van der Waals surface area contributed by atoms with Crippen LogP contribution in [0.3, 0.4) is 0 Å². The summed E-state index contributed by atoms with van der Waals surface area (Å²) in [6, 6.07) is 15.9. The highest BCUT2D eigenvalue weighted by atomic mass is 16.3. The van der Waals surface area contributed by atoms with Crippen LogP contribution in [0.1, 0.15) is 11.3 Å². The summed E-state index contributed by atoms with van der Waals surface area (Å²) in [5.41, 5.74) is 1.99. The van der Waals surface area contributed by atoms with Gasteiger partial charge < -0.3 is 10.4 Å². The van der Waals surface area contributed by atoms with Gasteiger partial charge in [0, 0.05) is 6.54 Å². The molecule has 0 amide bonds. The maximum absolute atomic E-state index is 8.98. The quantitative estimate of drug-likeness (QED) is 0.825. The third kappa shape index (κ3) is 3.57. The first-order valence-corrected chi connectivity index (χ1v) is 5.73. The summed E-state index contributed by atoms with van der Waals surface area (Å²) >= 11 is 0. The van der Waals surface area contributed by atoms with E-state index < -0.39 is 0 Å². The minimum atomic E-state index is -0.0196. The molecular formula is C14H16N2O. The summed E-state index contributed by atoms with van der Waals surface area (Å²) in [7, 11) is 0. The molecule has 0 saturated carbocycles. The van der Waals surface area contributed by atoms with E-state index in [1.54, 1.807) is 0 Å². The van der Waals surface area contributed by atoms with Crippen LogP contribution in [-0.2, 0) is 13.0 Å². The number of aromatic nitrogens is 1. The molecule has 1 heterocycles. The topological polar surface area (TPSA) is 45.1 Å². The van der Waals surface area contributed by atoms with Gasteiger partial charge in [-0.3, -0.25) is 0 Å². The fraction of sp³-hybridized carbons (Fsp3) is 0.214. The lowest BCUT2D eigenvalue weighted by atomic mass is 10.1. The van der Waals surface area contributed by atoms with Gasteiger partial charge in [-0.15, -0.1) is 0 Å². The molecule has 0 spiro atoms. The smallest absolute Gasteiger partial charge is 0.126 e. The first-order chi connectivity index (χ1) is 8.38. The molecule has 0 atom stereocenters. The maximum atomic E-state index is 8.98. The number of hydrogen-bond acceptors (Lipinski definition) is 3. The Morgan fingerprint density at radius 2 is 1.82 bits per heavy atom. The summed E-state index contributed by atoms with van der Waals surface area (Å²) in [4.78, 5) is 4.26. The Labute approximate surface area is 101 Å². The second-order valence-electron chi connectivity index (χ2n) is 3.83. The molecule has 3 nitrogen and oxygen atoms in total. The lowest BCUT2D eigenvalue weighted by Crippen LogP contribution is -2.06. The van der Waals surface area contributed by atoms with Crippen LogP contribution >= 0.6 is 0 Å². The molecular weight excluding hydrogens is 212 g/mol. The fourth-order valence-corrected chi connectivity index (χ4v) is 1.65. The Morgan fingerprint density at radius 3 is 2.59 bits per heavy atom. The van der Waals surface area contributed by atoms with Gasteiger partial charge in [-0.1, -0.05) is 36.4 Å². The summed E-state index contributed by atoms with van der Waals surface area (Å²) in [6.07, 6.45) is 0.964. The van der Waals surface area contributed by atoms with E-state index >= 15 is 0 Å². The van der Waals surface area contributed by atoms with Crippen molar-refractivity contribution >= 4 is 5.82 Å². The zero-order valence-corrected chi connectivity index (χ0v) is 9.63. The Hall–Kier alpha value is -1.87. The predicted octanol–water partition coefficient (Wildman–Crippen LogP) is 2.23. The number of aliphatic hydroxyl groups excluding tert-OH is 1. The molecule has 1 aromatic heterocycles. The largest absolute Gasteiger partial charge is 0.390 e. The molecule has 0 saturated heterocycles. The molecule has 2 aromatic rings. The second-order valence-corrected chi connectivity index (χ2v) is 3.83. The number of rotatable bonds is 5. The summed E-state index contributed by atoms with van der Waals surface area (Å²) in [5.74, 6) is 0.812. The number of aliphatic hydroxyl groups is 1. The third-order valence-corrected chi connectivity index (χ3v) is 2.53. The van der Waals surface area contributed by atoms with Crippen molar-refractivity contribution in [2.75, 3.05) is 11.9 Å². The van der Waals surface area contributed by atoms with Gasteiger partial charge in [0.25, 0.3) is 0 Å². The van der Waals surface area contributed by atoms with E-state index in [1.165, 1.54) is 5.56 Å². The maximum Gasteiger partial charge on any atom is 0.126 e. The third-order valence-electron chi connectivity index (χ3n) is 2.53. The fourth-order valence-electron chi connectivity index (χ4n) is 1.65. The van der Waals surface area contributed by atoms with E-state index in [2.05, 4.69) is 22.4 Å². The standard InChI is InChI=1S/C14H16N2O/c17-11-13-7-4-8-14(16-13)15-10-9-12-5-2-1-3-6-12/h1-8,17H,9-11H2,(H,15,16). The Kier molecular flexibility index (Phi) is 4.11. The van der Waals surface area contributed by atoms with Gasteiger partial charge >= 0.3 is 0 Å². The van der Waals surface area contributed by atoms with Crippen molar-refractivity contribution < 1.29 is 5.11 Å². The van der Waals surface area contributed by atoms with Crippen LogP contribution < -0.4 is 5.32 Å². The van der Waals surface area contributed by atoms with Crippen LogP contribution in [0.2, 0.25) is 0 Å². The highest BCUT2D eigenvalue weighted by Gasteiger charge is 1.96. The Balaban J connectivity index is 1.86. The van der Waals surface area contributed by atoms with Gasteiger partial charge in [0.1, 0.15) is 5.82 Å². The molecule has 88 valence electrons. The van der Waals surface area contributed by atoms with Gasteiger partial charge in [-0.25, -0.2) is 4.98 Å². The molecule has 1 aromatic carbocycles. The van der Waals surface area contributed by atoms with Crippen LogP contribution in [0.5, 0.6) is 0 Å². The van der Waals surface area contributed by atoms with E-state index in [1.807, 2.05) is 36.4 Å². The summed E-state index contributed by atoms with van der Waals surface area (Å²) in [5, 5.41) is 12.2. The van der Waals surface area contributed by atoms with Crippen molar-refractivity contribution in [3.63, 3.8) is 0 Å². The van der Waals surface area contributed by atoms with Crippen LogP contribution in [0.4, 0.5) is 5.82 Å². The minimum Gasteiger partial charge on any atom is -0.390 e. The Bertz CT molecular complexity index is 457. The molecule has 0 radical (unpaired) electrons. The molecule has 0 aliphatic heterocycles. The molecule has 0 unspecified atom stereocenters. The lowest BCUT2D eigenvalue weighted by Gasteiger charge is -2.06. The molecule has 17 heavy (non-hydrogen) atoms. The van der Waals surface area contributed by atoms with Crippen molar-refractivity contribution in [2.45, 2.75) is 13.0 Å². The van der Waals surface area contributed by atoms with E-state index in [0.29, 0.717) is 5.69 Å². The zero-order chi connectivity index (χ0) is 11.9. The number of nitrogens with one attached hydrogen (secondary N) is 1. The molecule has 3 heteroatoms. The van der Waals surface area contributed by atoms with Gasteiger partial charge in [-0.05, 0) is 24.1 Å². The molecule has 0 fully saturated rings. The number of benzene rings is 1. The van der Waals surface area contributed by atoms with Gasteiger partial charge in [0.05, 0.1) is 12.3 Å². The van der Waals surface area contributed by atoms with Crippen LogP contribution in [0.25, 0.3) is 0 Å². The Morgan fingerprint density at radius 1 is 1.00 bits per heavy atom. The molecule has 0 aliphatic rings. The van der Waals surface area contributed by atoms with Gasteiger partial charge in [0.2, 0.25) is 0 Å². The molecule has 2 rings (SSSR count). The SMILES string of the molecule is OCc1cccc(NCCc2ccccc2)n1. The lowest BCUT2D eigenvalue weighted by molar-refractivity contribution is 0.277. The number of nitrogens with zero attached hydrogens (tertiary/aromatic N) is 1. The van der Waals surface area contributed by atoms with E-state index in [9.17, 15) is 0 Å². The first kappa shape index (κ1) is 11.6. The van der Waals surface area contributed by atoms with Crippen molar-refractivity contribution in [2.24, 2.45) is 0 Å². The number of hydrogen-bond donors (Lipinski definition) is 2. The summed E-state index contributed by atoms with van der Waals surface area (Å²) < 4.78 is 0. The van der Waals surface area contributed by atoms with E-state index in [-0.39, 0.29) is 6.61 Å². The van der Waals surface area contributed by atoms with E-state index in [4.69, 9.17) is 5.11 Å². The van der Waals surface area contributed by atoms with Crippen molar-refractivity contribution in [1.29, 1.82) is 0 Å². The summed E-state index contributed by atoms with van der Waals surface area (Å²) in [6.45, 7) is 0.820. The zero-order valence-electron chi connectivity index (χ0n) is 9.63. The van der Waals surface area contributed by atoms with E-state index in [0.717, 1.165) is 18.8 Å². The second kappa shape index (κ2) is 6.01. The van der Waals surface area contributed by atoms with Crippen molar-refractivity contribution in [3.8, 4) is 0 Å². The monoisotopic (exact) mass is 228 g/mol. The normalized spacial score (nSPS) is 10.2. The first-order valence-electron chi connectivity index (χ1n) is 5.73. The van der Waals surface area contributed by atoms with Crippen molar-refractivity contribution in [3.05, 3.63) is 59.8 Å². The van der Waals surface area contributed by atoms with Crippen LogP contribution in [0, 0.1) is 0 Å². The molecule has 0 aliphatic carbocycles. The molecule has 2 N–H and O–H groups in total. The van der Waals surface area contributed by atoms with Gasteiger partial charge in [0.15, 0.2) is 0 Å². The number of pyridine rings is 1. The average molecular weight is 228 g/mol. The average Bonchev–Trinajstić information content (AvgIpc) is 2.40. The van der Waals surface area contributed by atoms with Crippen LogP contribution in [0.15, 0.2) is 48.5 Å². The predicted molar refractivity (Wildman–Crippen MR) is 68.8 cm³/mol. The number of anilines is 1. The van der Waals surface area contributed by atoms with Gasteiger partial charge in [-0.2, -0.15) is 0 Å². The van der Waals surface area contributed by atoms with Crippen LogP contribution in [-0.4, -0.2) is 16.6 Å². The minimum absolute atomic E-state index is 0.0196. The molecule has 0 bridgehead atoms. The van der Waals surface area contributed by atoms with Crippen molar-refractivity contribution in [1.82, 2.24) is 4.98 Å².